The molecule has 0 radical (unpaired) electrons. The largest absolute Gasteiger partial charge is 0.395 e. The zero-order valence-corrected chi connectivity index (χ0v) is 14.5. The van der Waals surface area contributed by atoms with Gasteiger partial charge in [0.05, 0.1) is 12.2 Å². The molecule has 0 atom stereocenters. The predicted molar refractivity (Wildman–Crippen MR) is 92.5 cm³/mol. The number of carbonyl (C=O) groups excluding carboxylic acids is 1. The van der Waals surface area contributed by atoms with Gasteiger partial charge in [0.25, 0.3) is 5.91 Å². The fraction of sp³-hybridized carbons (Fsp3) is 0.650. The summed E-state index contributed by atoms with van der Waals surface area (Å²) in [5.41, 5.74) is 1.06. The van der Waals surface area contributed by atoms with Crippen LogP contribution in [0.5, 0.6) is 0 Å². The van der Waals surface area contributed by atoms with Crippen LogP contribution >= 0.6 is 0 Å². The second-order valence-corrected chi connectivity index (χ2v) is 8.41. The molecule has 25 heavy (non-hydrogen) atoms. The number of hydrogen-bond acceptors (Lipinski definition) is 4. The number of nitrogens with zero attached hydrogens (tertiary/aromatic N) is 3. The molecule has 4 bridgehead atoms. The minimum absolute atomic E-state index is 0.0260. The number of aliphatic hydroxyl groups excluding tert-OH is 1. The Morgan fingerprint density at radius 2 is 1.88 bits per heavy atom. The van der Waals surface area contributed by atoms with Gasteiger partial charge in [0.2, 0.25) is 0 Å². The van der Waals surface area contributed by atoms with Gasteiger partial charge in [-0.25, -0.2) is 4.98 Å². The lowest BCUT2D eigenvalue weighted by Gasteiger charge is -2.57. The highest BCUT2D eigenvalue weighted by atomic mass is 16.3. The van der Waals surface area contributed by atoms with Crippen LogP contribution in [-0.2, 0) is 0 Å². The van der Waals surface area contributed by atoms with Gasteiger partial charge in [0.15, 0.2) is 0 Å². The van der Waals surface area contributed by atoms with Crippen LogP contribution in [-0.4, -0.2) is 40.6 Å². The molecule has 4 saturated carbocycles. The molecule has 4 aliphatic rings. The maximum Gasteiger partial charge on any atom is 0.255 e. The van der Waals surface area contributed by atoms with E-state index in [2.05, 4.69) is 4.98 Å². The lowest BCUT2D eigenvalue weighted by molar-refractivity contribution is -0.0662. The average Bonchev–Trinajstić information content (AvgIpc) is 2.59. The molecular weight excluding hydrogens is 314 g/mol. The molecule has 132 valence electrons. The van der Waals surface area contributed by atoms with Crippen LogP contribution in [0.4, 0.5) is 0 Å². The monoisotopic (exact) mass is 339 g/mol. The van der Waals surface area contributed by atoms with E-state index < -0.39 is 0 Å². The molecule has 4 aliphatic carbocycles. The molecule has 0 aromatic carbocycles. The smallest absolute Gasteiger partial charge is 0.255 e. The Hall–Kier alpha value is -1.93. The summed E-state index contributed by atoms with van der Waals surface area (Å²) in [6, 6.07) is 5.22. The molecule has 1 heterocycles. The summed E-state index contributed by atoms with van der Waals surface area (Å²) in [6.07, 6.45) is 9.33. The minimum atomic E-state index is -0.0817. The van der Waals surface area contributed by atoms with Crippen molar-refractivity contribution in [3.63, 3.8) is 0 Å². The lowest BCUT2D eigenvalue weighted by Crippen LogP contribution is -2.52. The molecule has 5 nitrogen and oxygen atoms in total. The first kappa shape index (κ1) is 16.5. The quantitative estimate of drug-likeness (QED) is 0.894. The maximum atomic E-state index is 13.0. The van der Waals surface area contributed by atoms with E-state index in [0.29, 0.717) is 17.8 Å². The number of hydrogen-bond donors (Lipinski definition) is 1. The first-order valence-corrected chi connectivity index (χ1v) is 9.37. The SMILES string of the molecule is N#Cc1ccc(C(=O)N(CCO)CC23CC4CC(CC(C4)C2)C3)cn1. The van der Waals surface area contributed by atoms with Crippen molar-refractivity contribution < 1.29 is 9.90 Å². The van der Waals surface area contributed by atoms with Gasteiger partial charge >= 0.3 is 0 Å². The minimum Gasteiger partial charge on any atom is -0.395 e. The highest BCUT2D eigenvalue weighted by Gasteiger charge is 2.51. The number of pyridine rings is 1. The first-order chi connectivity index (χ1) is 12.1. The number of rotatable bonds is 5. The van der Waals surface area contributed by atoms with Gasteiger partial charge in [-0.3, -0.25) is 4.79 Å². The molecule has 1 amide bonds. The van der Waals surface area contributed by atoms with Crippen molar-refractivity contribution in [2.24, 2.45) is 23.2 Å². The van der Waals surface area contributed by atoms with Gasteiger partial charge in [-0.15, -0.1) is 0 Å². The fourth-order valence-electron chi connectivity index (χ4n) is 6.03. The Morgan fingerprint density at radius 3 is 2.36 bits per heavy atom. The van der Waals surface area contributed by atoms with Gasteiger partial charge in [-0.05, 0) is 73.8 Å². The van der Waals surface area contributed by atoms with E-state index in [1.165, 1.54) is 44.7 Å². The number of amides is 1. The third-order valence-corrected chi connectivity index (χ3v) is 6.47. The highest BCUT2D eigenvalue weighted by molar-refractivity contribution is 5.94. The van der Waals surface area contributed by atoms with Crippen molar-refractivity contribution in [2.75, 3.05) is 19.7 Å². The second kappa shape index (κ2) is 6.42. The zero-order chi connectivity index (χ0) is 17.4. The summed E-state index contributed by atoms with van der Waals surface area (Å²) in [5.74, 6) is 2.44. The van der Waals surface area contributed by atoms with Crippen molar-refractivity contribution in [1.29, 1.82) is 5.26 Å². The molecule has 1 aromatic rings. The van der Waals surface area contributed by atoms with Crippen molar-refractivity contribution in [1.82, 2.24) is 9.88 Å². The van der Waals surface area contributed by atoms with E-state index in [1.54, 1.807) is 12.1 Å². The first-order valence-electron chi connectivity index (χ1n) is 9.37. The Morgan fingerprint density at radius 1 is 1.24 bits per heavy atom. The van der Waals surface area contributed by atoms with Gasteiger partial charge in [-0.2, -0.15) is 5.26 Å². The van der Waals surface area contributed by atoms with Gasteiger partial charge in [-0.1, -0.05) is 0 Å². The summed E-state index contributed by atoms with van der Waals surface area (Å²) in [7, 11) is 0. The summed E-state index contributed by atoms with van der Waals surface area (Å²) in [6.45, 7) is 1.08. The van der Waals surface area contributed by atoms with Crippen molar-refractivity contribution >= 4 is 5.91 Å². The Balaban J connectivity index is 1.53. The third kappa shape index (κ3) is 3.16. The second-order valence-electron chi connectivity index (χ2n) is 8.41. The Labute approximate surface area is 148 Å². The van der Waals surface area contributed by atoms with E-state index in [1.807, 2.05) is 11.0 Å². The third-order valence-electron chi connectivity index (χ3n) is 6.47. The van der Waals surface area contributed by atoms with Gasteiger partial charge < -0.3 is 10.0 Å². The van der Waals surface area contributed by atoms with Gasteiger partial charge in [0.1, 0.15) is 11.8 Å². The number of nitriles is 1. The summed E-state index contributed by atoms with van der Waals surface area (Å²) in [4.78, 5) is 18.8. The summed E-state index contributed by atoms with van der Waals surface area (Å²) in [5, 5.41) is 18.3. The van der Waals surface area contributed by atoms with Crippen molar-refractivity contribution in [3.8, 4) is 6.07 Å². The summed E-state index contributed by atoms with van der Waals surface area (Å²) >= 11 is 0. The Kier molecular flexibility index (Phi) is 4.24. The molecular formula is C20H25N3O2. The molecule has 5 rings (SSSR count). The van der Waals surface area contributed by atoms with Crippen LogP contribution in [0.25, 0.3) is 0 Å². The van der Waals surface area contributed by atoms with Crippen molar-refractivity contribution in [3.05, 3.63) is 29.6 Å². The summed E-state index contributed by atoms with van der Waals surface area (Å²) < 4.78 is 0. The molecule has 0 spiro atoms. The van der Waals surface area contributed by atoms with Crippen LogP contribution in [0.2, 0.25) is 0 Å². The number of aliphatic hydroxyl groups is 1. The van der Waals surface area contributed by atoms with E-state index in [9.17, 15) is 9.90 Å². The van der Waals surface area contributed by atoms with Crippen LogP contribution in [0.1, 0.15) is 54.6 Å². The maximum absolute atomic E-state index is 13.0. The zero-order valence-electron chi connectivity index (χ0n) is 14.5. The topological polar surface area (TPSA) is 77.2 Å². The van der Waals surface area contributed by atoms with E-state index in [-0.39, 0.29) is 17.9 Å². The number of carbonyl (C=O) groups is 1. The van der Waals surface area contributed by atoms with Crippen LogP contribution in [0, 0.1) is 34.5 Å². The highest BCUT2D eigenvalue weighted by Crippen LogP contribution is 2.60. The normalized spacial score (nSPS) is 32.4. The molecule has 5 heteroatoms. The molecule has 1 aromatic heterocycles. The average molecular weight is 339 g/mol. The molecule has 0 aliphatic heterocycles. The van der Waals surface area contributed by atoms with Crippen LogP contribution in [0.15, 0.2) is 18.3 Å². The van der Waals surface area contributed by atoms with Crippen LogP contribution in [0.3, 0.4) is 0 Å². The standard InChI is InChI=1S/C20H25N3O2/c21-11-18-2-1-17(12-22-18)19(25)23(3-4-24)13-20-8-14-5-15(9-20)7-16(6-14)10-20/h1-2,12,14-16,24H,3-10,13H2. The predicted octanol–water partition coefficient (Wildman–Crippen LogP) is 2.60. The van der Waals surface area contributed by atoms with Gasteiger partial charge in [0, 0.05) is 19.3 Å². The molecule has 0 unspecified atom stereocenters. The van der Waals surface area contributed by atoms with Crippen LogP contribution < -0.4 is 0 Å². The number of aromatic nitrogens is 1. The van der Waals surface area contributed by atoms with Crippen molar-refractivity contribution in [2.45, 2.75) is 38.5 Å². The van der Waals surface area contributed by atoms with E-state index in [4.69, 9.17) is 5.26 Å². The lowest BCUT2D eigenvalue weighted by atomic mass is 9.49. The Bertz CT molecular complexity index is 657. The van der Waals surface area contributed by atoms with E-state index >= 15 is 0 Å². The molecule has 4 fully saturated rings. The van der Waals surface area contributed by atoms with E-state index in [0.717, 1.165) is 24.3 Å². The fourth-order valence-corrected chi connectivity index (χ4v) is 6.03. The molecule has 0 saturated heterocycles. The molecule has 1 N–H and O–H groups in total.